The van der Waals surface area contributed by atoms with Gasteiger partial charge in [0.2, 0.25) is 0 Å². The van der Waals surface area contributed by atoms with Crippen LogP contribution in [0.1, 0.15) is 26.2 Å². The third-order valence-corrected chi connectivity index (χ3v) is 3.37. The molecule has 3 nitrogen and oxygen atoms in total. The fourth-order valence-electron chi connectivity index (χ4n) is 2.20. The molecule has 2 rings (SSSR count). The van der Waals surface area contributed by atoms with Crippen LogP contribution in [-0.4, -0.2) is 19.8 Å². The predicted octanol–water partition coefficient (Wildman–Crippen LogP) is 3.90. The van der Waals surface area contributed by atoms with Crippen LogP contribution in [0.5, 0.6) is 11.5 Å². The van der Waals surface area contributed by atoms with Gasteiger partial charge in [0.15, 0.2) is 0 Å². The average Bonchev–Trinajstić information content (AvgIpc) is 3.21. The Morgan fingerprint density at radius 2 is 2.11 bits per heavy atom. The van der Waals surface area contributed by atoms with Crippen LogP contribution in [0.25, 0.3) is 0 Å². The van der Waals surface area contributed by atoms with E-state index in [2.05, 4.69) is 17.0 Å². The van der Waals surface area contributed by atoms with E-state index in [4.69, 9.17) is 4.74 Å². The van der Waals surface area contributed by atoms with Crippen molar-refractivity contribution >= 4 is 5.69 Å². The Morgan fingerprint density at radius 1 is 1.37 bits per heavy atom. The molecule has 0 saturated heterocycles. The van der Waals surface area contributed by atoms with Crippen molar-refractivity contribution in [3.8, 4) is 11.5 Å². The topological polar surface area (TPSA) is 30.5 Å². The molecule has 1 aromatic rings. The third kappa shape index (κ3) is 3.72. The maximum absolute atomic E-state index is 12.4. The first-order valence-electron chi connectivity index (χ1n) is 6.53. The van der Waals surface area contributed by atoms with E-state index in [-0.39, 0.29) is 5.75 Å². The van der Waals surface area contributed by atoms with Crippen molar-refractivity contribution in [2.75, 3.05) is 12.4 Å². The second-order valence-corrected chi connectivity index (χ2v) is 4.74. The number of methoxy groups -OCH3 is 1. The van der Waals surface area contributed by atoms with Gasteiger partial charge in [0, 0.05) is 12.1 Å². The van der Waals surface area contributed by atoms with Gasteiger partial charge in [-0.05, 0) is 37.3 Å². The van der Waals surface area contributed by atoms with E-state index in [0.29, 0.717) is 23.4 Å². The fraction of sp³-hybridized carbons (Fsp3) is 0.571. The van der Waals surface area contributed by atoms with Crippen LogP contribution in [0.15, 0.2) is 18.2 Å². The zero-order valence-corrected chi connectivity index (χ0v) is 11.2. The standard InChI is InChI=1S/C14H19F2NO2/c1-3-11(9-4-5-9)17-12-8-10(18-2)6-7-13(12)19-14(15)16/h6-9,11,14,17H,3-5H2,1-2H3. The minimum Gasteiger partial charge on any atom is -0.497 e. The van der Waals surface area contributed by atoms with E-state index in [1.165, 1.54) is 18.9 Å². The number of anilines is 1. The molecule has 0 amide bonds. The summed E-state index contributed by atoms with van der Waals surface area (Å²) in [5, 5.41) is 3.30. The molecule has 0 radical (unpaired) electrons. The minimum absolute atomic E-state index is 0.162. The van der Waals surface area contributed by atoms with Crippen molar-refractivity contribution in [2.24, 2.45) is 5.92 Å². The third-order valence-electron chi connectivity index (χ3n) is 3.37. The Morgan fingerprint density at radius 3 is 2.63 bits per heavy atom. The molecule has 1 N–H and O–H groups in total. The zero-order chi connectivity index (χ0) is 13.8. The summed E-state index contributed by atoms with van der Waals surface area (Å²) in [6, 6.07) is 5.11. The fourth-order valence-corrected chi connectivity index (χ4v) is 2.20. The second kappa shape index (κ2) is 6.08. The lowest BCUT2D eigenvalue weighted by Crippen LogP contribution is -2.21. The molecule has 5 heteroatoms. The van der Waals surface area contributed by atoms with Crippen LogP contribution in [0.2, 0.25) is 0 Å². The number of alkyl halides is 2. The van der Waals surface area contributed by atoms with E-state index in [9.17, 15) is 8.78 Å². The largest absolute Gasteiger partial charge is 0.497 e. The van der Waals surface area contributed by atoms with E-state index >= 15 is 0 Å². The molecule has 0 heterocycles. The number of ether oxygens (including phenoxy) is 2. The normalized spacial score (nSPS) is 16.3. The highest BCUT2D eigenvalue weighted by Gasteiger charge is 2.30. The van der Waals surface area contributed by atoms with E-state index in [1.54, 1.807) is 19.2 Å². The van der Waals surface area contributed by atoms with Gasteiger partial charge in [0.25, 0.3) is 0 Å². The van der Waals surface area contributed by atoms with Gasteiger partial charge in [-0.2, -0.15) is 8.78 Å². The summed E-state index contributed by atoms with van der Waals surface area (Å²) in [5.74, 6) is 1.42. The SMILES string of the molecule is CCC(Nc1cc(OC)ccc1OC(F)F)C1CC1. The molecular weight excluding hydrogens is 252 g/mol. The van der Waals surface area contributed by atoms with Crippen LogP contribution in [0.3, 0.4) is 0 Å². The maximum Gasteiger partial charge on any atom is 0.387 e. The molecule has 1 aliphatic rings. The van der Waals surface area contributed by atoms with Crippen LogP contribution < -0.4 is 14.8 Å². The number of hydrogen-bond acceptors (Lipinski definition) is 3. The Kier molecular flexibility index (Phi) is 4.45. The Balaban J connectivity index is 2.18. The molecule has 19 heavy (non-hydrogen) atoms. The summed E-state index contributed by atoms with van der Waals surface area (Å²) in [6.07, 6.45) is 3.34. The van der Waals surface area contributed by atoms with Crippen molar-refractivity contribution in [3.05, 3.63) is 18.2 Å². The average molecular weight is 271 g/mol. The highest BCUT2D eigenvalue weighted by atomic mass is 19.3. The van der Waals surface area contributed by atoms with Gasteiger partial charge in [0.1, 0.15) is 11.5 Å². The lowest BCUT2D eigenvalue weighted by molar-refractivity contribution is -0.0494. The first-order chi connectivity index (χ1) is 9.13. The van der Waals surface area contributed by atoms with Gasteiger partial charge in [-0.1, -0.05) is 6.92 Å². The lowest BCUT2D eigenvalue weighted by Gasteiger charge is -2.20. The highest BCUT2D eigenvalue weighted by molar-refractivity contribution is 5.60. The number of benzene rings is 1. The van der Waals surface area contributed by atoms with Crippen LogP contribution in [-0.2, 0) is 0 Å². The van der Waals surface area contributed by atoms with Crippen molar-refractivity contribution in [2.45, 2.75) is 38.8 Å². The van der Waals surface area contributed by atoms with Crippen molar-refractivity contribution in [1.29, 1.82) is 0 Å². The molecule has 1 fully saturated rings. The van der Waals surface area contributed by atoms with Gasteiger partial charge < -0.3 is 14.8 Å². The van der Waals surface area contributed by atoms with E-state index in [1.807, 2.05) is 0 Å². The molecule has 0 bridgehead atoms. The summed E-state index contributed by atoms with van der Waals surface area (Å²) in [7, 11) is 1.55. The lowest BCUT2D eigenvalue weighted by atomic mass is 10.1. The highest BCUT2D eigenvalue weighted by Crippen LogP contribution is 2.38. The number of nitrogens with one attached hydrogen (secondary N) is 1. The zero-order valence-electron chi connectivity index (χ0n) is 11.2. The summed E-state index contributed by atoms with van der Waals surface area (Å²) in [4.78, 5) is 0. The molecule has 1 atom stereocenters. The van der Waals surface area contributed by atoms with Gasteiger partial charge in [-0.3, -0.25) is 0 Å². The quantitative estimate of drug-likeness (QED) is 0.816. The molecular formula is C14H19F2NO2. The second-order valence-electron chi connectivity index (χ2n) is 4.74. The van der Waals surface area contributed by atoms with Crippen molar-refractivity contribution in [1.82, 2.24) is 0 Å². The predicted molar refractivity (Wildman–Crippen MR) is 70.1 cm³/mol. The monoisotopic (exact) mass is 271 g/mol. The summed E-state index contributed by atoms with van der Waals surface area (Å²) < 4.78 is 34.4. The molecule has 1 saturated carbocycles. The Bertz CT molecular complexity index is 422. The van der Waals surface area contributed by atoms with Gasteiger partial charge in [0.05, 0.1) is 12.8 Å². The number of hydrogen-bond donors (Lipinski definition) is 1. The van der Waals surface area contributed by atoms with Gasteiger partial charge in [-0.25, -0.2) is 0 Å². The summed E-state index contributed by atoms with van der Waals surface area (Å²) in [5.41, 5.74) is 0.568. The van der Waals surface area contributed by atoms with Gasteiger partial charge in [-0.15, -0.1) is 0 Å². The summed E-state index contributed by atoms with van der Waals surface area (Å²) >= 11 is 0. The molecule has 1 aromatic carbocycles. The molecule has 1 aliphatic carbocycles. The van der Waals surface area contributed by atoms with E-state index < -0.39 is 6.61 Å². The van der Waals surface area contributed by atoms with Crippen LogP contribution in [0, 0.1) is 5.92 Å². The van der Waals surface area contributed by atoms with Gasteiger partial charge >= 0.3 is 6.61 Å². The van der Waals surface area contributed by atoms with E-state index in [0.717, 1.165) is 6.42 Å². The van der Waals surface area contributed by atoms with Crippen LogP contribution in [0.4, 0.5) is 14.5 Å². The molecule has 106 valence electrons. The molecule has 1 unspecified atom stereocenters. The molecule has 0 spiro atoms. The first-order valence-corrected chi connectivity index (χ1v) is 6.53. The maximum atomic E-state index is 12.4. The van der Waals surface area contributed by atoms with Crippen LogP contribution >= 0.6 is 0 Å². The molecule has 0 aromatic heterocycles. The number of halogens is 2. The summed E-state index contributed by atoms with van der Waals surface area (Å²) in [6.45, 7) is -0.737. The molecule has 0 aliphatic heterocycles. The Labute approximate surface area is 111 Å². The van der Waals surface area contributed by atoms with Crippen molar-refractivity contribution in [3.63, 3.8) is 0 Å². The number of rotatable bonds is 7. The minimum atomic E-state index is -2.82. The van der Waals surface area contributed by atoms with Crippen molar-refractivity contribution < 1.29 is 18.3 Å². The smallest absolute Gasteiger partial charge is 0.387 e. The first kappa shape index (κ1) is 13.9. The Hall–Kier alpha value is -1.52.